The highest BCUT2D eigenvalue weighted by atomic mass is 16.5. The fourth-order valence-corrected chi connectivity index (χ4v) is 2.58. The molecule has 3 aliphatic rings. The number of hydrogen-bond acceptors (Lipinski definition) is 5. The minimum absolute atomic E-state index is 0.181. The molecule has 0 aromatic rings. The van der Waals surface area contributed by atoms with Gasteiger partial charge in [0.05, 0.1) is 18.8 Å². The molecule has 5 nitrogen and oxygen atoms in total. The van der Waals surface area contributed by atoms with Crippen LogP contribution in [0.15, 0.2) is 0 Å². The highest BCUT2D eigenvalue weighted by Crippen LogP contribution is 2.34. The highest BCUT2D eigenvalue weighted by Gasteiger charge is 2.50. The Balaban J connectivity index is 2.07. The Morgan fingerprint density at radius 3 is 2.73 bits per heavy atom. The molecule has 0 amide bonds. The molecular weight excluding hydrogens is 198 g/mol. The SMILES string of the molecule is CCOC(=O)[C@@H]1N[C@H]2CC[C@@H]1[C@H](O)[C@@H]2O. The van der Waals surface area contributed by atoms with Gasteiger partial charge in [-0.15, -0.1) is 0 Å². The second kappa shape index (κ2) is 4.08. The summed E-state index contributed by atoms with van der Waals surface area (Å²) in [7, 11) is 0. The van der Waals surface area contributed by atoms with Gasteiger partial charge in [0, 0.05) is 12.0 Å². The Morgan fingerprint density at radius 1 is 1.40 bits per heavy atom. The lowest BCUT2D eigenvalue weighted by atomic mass is 9.72. The van der Waals surface area contributed by atoms with Crippen LogP contribution in [0, 0.1) is 5.92 Å². The van der Waals surface area contributed by atoms with E-state index >= 15 is 0 Å². The highest BCUT2D eigenvalue weighted by molar-refractivity contribution is 5.76. The molecule has 2 heterocycles. The van der Waals surface area contributed by atoms with Crippen LogP contribution >= 0.6 is 0 Å². The fraction of sp³-hybridized carbons (Fsp3) is 0.900. The van der Waals surface area contributed by atoms with Crippen LogP contribution < -0.4 is 5.32 Å². The van der Waals surface area contributed by atoms with Crippen molar-refractivity contribution in [1.29, 1.82) is 0 Å². The molecule has 1 aliphatic carbocycles. The summed E-state index contributed by atoms with van der Waals surface area (Å²) in [6, 6.07) is -0.637. The van der Waals surface area contributed by atoms with Gasteiger partial charge in [-0.25, -0.2) is 0 Å². The number of rotatable bonds is 2. The number of aliphatic hydroxyl groups is 2. The third kappa shape index (κ3) is 1.75. The fourth-order valence-electron chi connectivity index (χ4n) is 2.58. The lowest BCUT2D eigenvalue weighted by Crippen LogP contribution is -2.68. The van der Waals surface area contributed by atoms with E-state index in [0.29, 0.717) is 6.61 Å². The summed E-state index contributed by atoms with van der Waals surface area (Å²) >= 11 is 0. The molecule has 5 heteroatoms. The van der Waals surface area contributed by atoms with Gasteiger partial charge in [0.2, 0.25) is 0 Å². The molecule has 0 aromatic heterocycles. The van der Waals surface area contributed by atoms with E-state index in [9.17, 15) is 15.0 Å². The standard InChI is InChI=1S/C10H17NO4/c1-2-15-10(14)7-5-3-4-6(11-7)9(13)8(5)12/h5-9,11-13H,2-4H2,1H3/t5-,6-,7+,8-,9+/m0/s1. The molecule has 1 saturated carbocycles. The van der Waals surface area contributed by atoms with E-state index in [1.165, 1.54) is 0 Å². The molecule has 0 aromatic carbocycles. The first-order valence-corrected chi connectivity index (χ1v) is 5.44. The number of nitrogens with one attached hydrogen (secondary N) is 1. The van der Waals surface area contributed by atoms with Crippen LogP contribution in [0.3, 0.4) is 0 Å². The lowest BCUT2D eigenvalue weighted by Gasteiger charge is -2.48. The van der Waals surface area contributed by atoms with Gasteiger partial charge in [-0.3, -0.25) is 10.1 Å². The monoisotopic (exact) mass is 215 g/mol. The molecular formula is C10H17NO4. The van der Waals surface area contributed by atoms with Crippen LogP contribution in [0.4, 0.5) is 0 Å². The summed E-state index contributed by atoms with van der Waals surface area (Å²) in [5.74, 6) is -0.540. The average molecular weight is 215 g/mol. The van der Waals surface area contributed by atoms with Crippen molar-refractivity contribution >= 4 is 5.97 Å². The van der Waals surface area contributed by atoms with Crippen LogP contribution in [0.25, 0.3) is 0 Å². The predicted octanol–water partition coefficient (Wildman–Crippen LogP) is -0.978. The normalized spacial score (nSPS) is 44.1. The first kappa shape index (κ1) is 10.9. The number of esters is 1. The molecule has 15 heavy (non-hydrogen) atoms. The molecule has 0 radical (unpaired) electrons. The number of piperidine rings is 2. The minimum atomic E-state index is -0.806. The zero-order valence-electron chi connectivity index (χ0n) is 8.72. The van der Waals surface area contributed by atoms with Gasteiger partial charge in [0.25, 0.3) is 0 Å². The first-order valence-electron chi connectivity index (χ1n) is 5.44. The van der Waals surface area contributed by atoms with E-state index in [0.717, 1.165) is 12.8 Å². The van der Waals surface area contributed by atoms with Gasteiger partial charge in [-0.2, -0.15) is 0 Å². The molecule has 3 N–H and O–H groups in total. The lowest BCUT2D eigenvalue weighted by molar-refractivity contribution is -0.161. The summed E-state index contributed by atoms with van der Waals surface area (Å²) in [4.78, 5) is 11.6. The summed E-state index contributed by atoms with van der Waals surface area (Å²) in [5.41, 5.74) is 0. The molecule has 3 rings (SSSR count). The van der Waals surface area contributed by atoms with Crippen molar-refractivity contribution in [3.63, 3.8) is 0 Å². The third-order valence-electron chi connectivity index (χ3n) is 3.37. The maximum absolute atomic E-state index is 11.6. The molecule has 2 bridgehead atoms. The quantitative estimate of drug-likeness (QED) is 0.516. The first-order chi connectivity index (χ1) is 7.15. The van der Waals surface area contributed by atoms with Crippen molar-refractivity contribution in [3.05, 3.63) is 0 Å². The smallest absolute Gasteiger partial charge is 0.323 e. The van der Waals surface area contributed by atoms with Gasteiger partial charge in [0.15, 0.2) is 0 Å². The Hall–Kier alpha value is -0.650. The van der Waals surface area contributed by atoms with Crippen LogP contribution in [0.5, 0.6) is 0 Å². The van der Waals surface area contributed by atoms with Crippen molar-refractivity contribution < 1.29 is 19.7 Å². The largest absolute Gasteiger partial charge is 0.465 e. The Morgan fingerprint density at radius 2 is 2.13 bits per heavy atom. The van der Waals surface area contributed by atoms with E-state index in [1.807, 2.05) is 0 Å². The van der Waals surface area contributed by atoms with Gasteiger partial charge < -0.3 is 14.9 Å². The number of carbonyl (C=O) groups is 1. The minimum Gasteiger partial charge on any atom is -0.465 e. The van der Waals surface area contributed by atoms with E-state index in [4.69, 9.17) is 4.74 Å². The number of carbonyl (C=O) groups excluding carboxylic acids is 1. The molecule has 5 atom stereocenters. The molecule has 0 unspecified atom stereocenters. The van der Waals surface area contributed by atoms with Crippen molar-refractivity contribution in [1.82, 2.24) is 5.32 Å². The Kier molecular flexibility index (Phi) is 2.95. The van der Waals surface area contributed by atoms with Crippen LogP contribution in [-0.4, -0.2) is 47.1 Å². The van der Waals surface area contributed by atoms with Gasteiger partial charge in [0.1, 0.15) is 6.04 Å². The predicted molar refractivity (Wildman–Crippen MR) is 52.1 cm³/mol. The average Bonchev–Trinajstić information content (AvgIpc) is 2.25. The van der Waals surface area contributed by atoms with Crippen LogP contribution in [0.2, 0.25) is 0 Å². The van der Waals surface area contributed by atoms with E-state index in [-0.39, 0.29) is 17.9 Å². The zero-order chi connectivity index (χ0) is 11.0. The van der Waals surface area contributed by atoms with E-state index in [1.54, 1.807) is 6.92 Å². The topological polar surface area (TPSA) is 78.8 Å². The Labute approximate surface area is 88.4 Å². The van der Waals surface area contributed by atoms with Crippen molar-refractivity contribution in [2.75, 3.05) is 6.61 Å². The van der Waals surface area contributed by atoms with Crippen molar-refractivity contribution in [3.8, 4) is 0 Å². The van der Waals surface area contributed by atoms with Gasteiger partial charge >= 0.3 is 5.97 Å². The second-order valence-corrected chi connectivity index (χ2v) is 4.23. The maximum Gasteiger partial charge on any atom is 0.323 e. The number of ether oxygens (including phenoxy) is 1. The van der Waals surface area contributed by atoms with Gasteiger partial charge in [-0.05, 0) is 19.8 Å². The van der Waals surface area contributed by atoms with E-state index < -0.39 is 18.2 Å². The third-order valence-corrected chi connectivity index (χ3v) is 3.37. The molecule has 3 fully saturated rings. The second-order valence-electron chi connectivity index (χ2n) is 4.23. The maximum atomic E-state index is 11.6. The summed E-state index contributed by atoms with van der Waals surface area (Å²) < 4.78 is 4.92. The van der Waals surface area contributed by atoms with Crippen LogP contribution in [0.1, 0.15) is 19.8 Å². The summed E-state index contributed by atoms with van der Waals surface area (Å²) in [6.45, 7) is 2.09. The molecule has 2 saturated heterocycles. The number of fused-ring (bicyclic) bond motifs is 3. The number of aliphatic hydroxyl groups excluding tert-OH is 2. The van der Waals surface area contributed by atoms with Crippen molar-refractivity contribution in [2.24, 2.45) is 5.92 Å². The molecule has 86 valence electrons. The van der Waals surface area contributed by atoms with E-state index in [2.05, 4.69) is 5.32 Å². The van der Waals surface area contributed by atoms with Crippen molar-refractivity contribution in [2.45, 2.75) is 44.1 Å². The summed E-state index contributed by atoms with van der Waals surface area (Å²) in [5, 5.41) is 22.4. The number of hydrogen-bond donors (Lipinski definition) is 3. The summed E-state index contributed by atoms with van der Waals surface area (Å²) in [6.07, 6.45) is 0.00637. The zero-order valence-corrected chi connectivity index (χ0v) is 8.72. The Bertz CT molecular complexity index is 256. The molecule has 2 aliphatic heterocycles. The molecule has 0 spiro atoms. The van der Waals surface area contributed by atoms with Crippen LogP contribution in [-0.2, 0) is 9.53 Å². The van der Waals surface area contributed by atoms with Gasteiger partial charge in [-0.1, -0.05) is 0 Å².